The zero-order valence-corrected chi connectivity index (χ0v) is 7.24. The molecule has 1 aliphatic heterocycles. The van der Waals surface area contributed by atoms with Gasteiger partial charge in [-0.25, -0.2) is 4.79 Å². The second-order valence-corrected chi connectivity index (χ2v) is 3.14. The number of rotatable bonds is 0. The van der Waals surface area contributed by atoms with Gasteiger partial charge in [0.1, 0.15) is 0 Å². The predicted molar refractivity (Wildman–Crippen MR) is 44.0 cm³/mol. The van der Waals surface area contributed by atoms with Crippen LogP contribution in [0.25, 0.3) is 0 Å². The molecular formula is C8H13NO3. The first-order valence-corrected chi connectivity index (χ1v) is 3.84. The molecule has 1 unspecified atom stereocenters. The fraction of sp³-hybridized carbons (Fsp3) is 0.625. The first kappa shape index (κ1) is 9.06. The van der Waals surface area contributed by atoms with Gasteiger partial charge < -0.3 is 15.1 Å². The number of β-amino-alcohol motifs (C(OH)–C–C–N with tert-alkyl or cyclic N) is 1. The van der Waals surface area contributed by atoms with Crippen molar-refractivity contribution in [2.45, 2.75) is 20.0 Å². The average molecular weight is 171 g/mol. The van der Waals surface area contributed by atoms with Gasteiger partial charge in [-0.3, -0.25) is 0 Å². The first-order chi connectivity index (χ1) is 5.52. The smallest absolute Gasteiger partial charge is 0.407 e. The Bertz CT molecular complexity index is 234. The van der Waals surface area contributed by atoms with Crippen molar-refractivity contribution in [1.29, 1.82) is 0 Å². The van der Waals surface area contributed by atoms with Gasteiger partial charge in [-0.15, -0.1) is 0 Å². The zero-order valence-electron chi connectivity index (χ0n) is 7.24. The van der Waals surface area contributed by atoms with Crippen LogP contribution in [0.4, 0.5) is 4.79 Å². The maximum atomic E-state index is 10.5. The van der Waals surface area contributed by atoms with Crippen molar-refractivity contribution in [3.05, 3.63) is 11.1 Å². The fourth-order valence-electron chi connectivity index (χ4n) is 1.25. The molecule has 4 nitrogen and oxygen atoms in total. The van der Waals surface area contributed by atoms with Crippen molar-refractivity contribution in [3.8, 4) is 0 Å². The number of nitrogens with zero attached hydrogens (tertiary/aromatic N) is 1. The van der Waals surface area contributed by atoms with Gasteiger partial charge in [0.25, 0.3) is 0 Å². The molecule has 0 bridgehead atoms. The SMILES string of the molecule is CC1=C(C)C(O)CN(C(=O)O)C1. The minimum absolute atomic E-state index is 0.193. The van der Waals surface area contributed by atoms with E-state index in [2.05, 4.69) is 0 Å². The van der Waals surface area contributed by atoms with Gasteiger partial charge in [-0.1, -0.05) is 5.57 Å². The van der Waals surface area contributed by atoms with Crippen LogP contribution >= 0.6 is 0 Å². The zero-order chi connectivity index (χ0) is 9.30. The first-order valence-electron chi connectivity index (χ1n) is 3.84. The molecule has 0 saturated carbocycles. The van der Waals surface area contributed by atoms with Gasteiger partial charge >= 0.3 is 6.09 Å². The summed E-state index contributed by atoms with van der Waals surface area (Å²) in [7, 11) is 0. The molecule has 4 heteroatoms. The van der Waals surface area contributed by atoms with Crippen molar-refractivity contribution in [2.75, 3.05) is 13.1 Å². The average Bonchev–Trinajstić information content (AvgIpc) is 1.99. The molecule has 1 rings (SSSR count). The number of hydrogen-bond acceptors (Lipinski definition) is 2. The molecular weight excluding hydrogens is 158 g/mol. The van der Waals surface area contributed by atoms with Crippen molar-refractivity contribution < 1.29 is 15.0 Å². The number of aliphatic hydroxyl groups is 1. The third kappa shape index (κ3) is 1.58. The Morgan fingerprint density at radius 2 is 2.17 bits per heavy atom. The highest BCUT2D eigenvalue weighted by Gasteiger charge is 2.24. The maximum Gasteiger partial charge on any atom is 0.407 e. The van der Waals surface area contributed by atoms with Crippen LogP contribution in [-0.2, 0) is 0 Å². The van der Waals surface area contributed by atoms with Crippen molar-refractivity contribution in [3.63, 3.8) is 0 Å². The Labute approximate surface area is 71.1 Å². The molecule has 68 valence electrons. The topological polar surface area (TPSA) is 60.8 Å². The second kappa shape index (κ2) is 3.15. The van der Waals surface area contributed by atoms with Gasteiger partial charge in [0.05, 0.1) is 12.6 Å². The van der Waals surface area contributed by atoms with E-state index in [0.717, 1.165) is 11.1 Å². The van der Waals surface area contributed by atoms with Gasteiger partial charge in [0.2, 0.25) is 0 Å². The Morgan fingerprint density at radius 3 is 2.58 bits per heavy atom. The highest BCUT2D eigenvalue weighted by Crippen LogP contribution is 2.17. The number of hydrogen-bond donors (Lipinski definition) is 2. The fourth-order valence-corrected chi connectivity index (χ4v) is 1.25. The molecule has 0 saturated heterocycles. The Kier molecular flexibility index (Phi) is 2.38. The molecule has 1 heterocycles. The van der Waals surface area contributed by atoms with E-state index in [9.17, 15) is 9.90 Å². The van der Waals surface area contributed by atoms with Crippen LogP contribution < -0.4 is 0 Å². The monoisotopic (exact) mass is 171 g/mol. The minimum atomic E-state index is -0.971. The molecule has 1 atom stereocenters. The summed E-state index contributed by atoms with van der Waals surface area (Å²) in [6.45, 7) is 4.28. The van der Waals surface area contributed by atoms with E-state index < -0.39 is 12.2 Å². The van der Waals surface area contributed by atoms with Crippen LogP contribution in [0.3, 0.4) is 0 Å². The molecule has 1 aliphatic rings. The number of carbonyl (C=O) groups is 1. The van der Waals surface area contributed by atoms with Crippen LogP contribution in [0.15, 0.2) is 11.1 Å². The Balaban J connectivity index is 2.78. The minimum Gasteiger partial charge on any atom is -0.465 e. The standard InChI is InChI=1S/C8H13NO3/c1-5-3-9(8(11)12)4-7(10)6(5)2/h7,10H,3-4H2,1-2H3,(H,11,12). The van der Waals surface area contributed by atoms with E-state index in [0.29, 0.717) is 6.54 Å². The third-order valence-corrected chi connectivity index (χ3v) is 2.26. The lowest BCUT2D eigenvalue weighted by Gasteiger charge is -2.29. The lowest BCUT2D eigenvalue weighted by molar-refractivity contribution is 0.107. The summed E-state index contributed by atoms with van der Waals surface area (Å²) in [5.41, 5.74) is 1.84. The van der Waals surface area contributed by atoms with Gasteiger partial charge in [0, 0.05) is 6.54 Å². The molecule has 0 aromatic heterocycles. The summed E-state index contributed by atoms with van der Waals surface area (Å²) in [6, 6.07) is 0. The summed E-state index contributed by atoms with van der Waals surface area (Å²) < 4.78 is 0. The summed E-state index contributed by atoms with van der Waals surface area (Å²) >= 11 is 0. The highest BCUT2D eigenvalue weighted by atomic mass is 16.4. The molecule has 2 N–H and O–H groups in total. The third-order valence-electron chi connectivity index (χ3n) is 2.26. The molecule has 0 aliphatic carbocycles. The predicted octanol–water partition coefficient (Wildman–Crippen LogP) is 0.677. The van der Waals surface area contributed by atoms with Crippen LogP contribution in [0.1, 0.15) is 13.8 Å². The lowest BCUT2D eigenvalue weighted by Crippen LogP contribution is -2.42. The summed E-state index contributed by atoms with van der Waals surface area (Å²) in [5.74, 6) is 0. The number of aliphatic hydroxyl groups excluding tert-OH is 1. The molecule has 0 aromatic rings. The van der Waals surface area contributed by atoms with Crippen molar-refractivity contribution in [2.24, 2.45) is 0 Å². The van der Waals surface area contributed by atoms with Gasteiger partial charge in [0.15, 0.2) is 0 Å². The molecule has 0 radical (unpaired) electrons. The van der Waals surface area contributed by atoms with Gasteiger partial charge in [-0.05, 0) is 19.4 Å². The molecule has 1 amide bonds. The number of amides is 1. The van der Waals surface area contributed by atoms with Crippen LogP contribution in [-0.4, -0.2) is 40.4 Å². The van der Waals surface area contributed by atoms with Crippen molar-refractivity contribution >= 4 is 6.09 Å². The largest absolute Gasteiger partial charge is 0.465 e. The number of carboxylic acid groups (broad SMARTS) is 1. The normalized spacial score (nSPS) is 24.6. The van der Waals surface area contributed by atoms with Gasteiger partial charge in [-0.2, -0.15) is 0 Å². The van der Waals surface area contributed by atoms with Crippen molar-refractivity contribution in [1.82, 2.24) is 4.90 Å². The summed E-state index contributed by atoms with van der Waals surface area (Å²) in [4.78, 5) is 11.8. The summed E-state index contributed by atoms with van der Waals surface area (Å²) in [5, 5.41) is 18.1. The van der Waals surface area contributed by atoms with E-state index in [1.54, 1.807) is 0 Å². The van der Waals surface area contributed by atoms with E-state index >= 15 is 0 Å². The molecule has 12 heavy (non-hydrogen) atoms. The molecule has 0 spiro atoms. The lowest BCUT2D eigenvalue weighted by atomic mass is 10.0. The van der Waals surface area contributed by atoms with Crippen LogP contribution in [0.2, 0.25) is 0 Å². The highest BCUT2D eigenvalue weighted by molar-refractivity contribution is 5.66. The summed E-state index contributed by atoms with van der Waals surface area (Å²) in [6.07, 6.45) is -1.60. The quantitative estimate of drug-likeness (QED) is 0.527. The van der Waals surface area contributed by atoms with Crippen LogP contribution in [0.5, 0.6) is 0 Å². The Hall–Kier alpha value is -1.03. The van der Waals surface area contributed by atoms with Crippen LogP contribution in [0, 0.1) is 0 Å². The second-order valence-electron chi connectivity index (χ2n) is 3.14. The molecule has 0 aromatic carbocycles. The molecule has 0 fully saturated rings. The maximum absolute atomic E-state index is 10.5. The van der Waals surface area contributed by atoms with E-state index in [-0.39, 0.29) is 6.54 Å². The van der Waals surface area contributed by atoms with E-state index in [1.165, 1.54) is 4.90 Å². The Morgan fingerprint density at radius 1 is 1.58 bits per heavy atom. The van der Waals surface area contributed by atoms with E-state index in [4.69, 9.17) is 5.11 Å². The van der Waals surface area contributed by atoms with E-state index in [1.807, 2.05) is 13.8 Å².